The highest BCUT2D eigenvalue weighted by atomic mass is 19.4. The van der Waals surface area contributed by atoms with Gasteiger partial charge in [0.2, 0.25) is 23.7 Å². The highest BCUT2D eigenvalue weighted by Gasteiger charge is 2.50. The molecule has 1 spiro atoms. The number of hydrogen-bond donors (Lipinski definition) is 1. The number of piperidine rings is 2. The van der Waals surface area contributed by atoms with Crippen molar-refractivity contribution in [3.8, 4) is 17.2 Å². The molecule has 4 fully saturated rings. The van der Waals surface area contributed by atoms with E-state index in [0.29, 0.717) is 46.0 Å². The number of amides is 5. The fourth-order valence-corrected chi connectivity index (χ4v) is 11.5. The Morgan fingerprint density at radius 1 is 0.884 bits per heavy atom. The Kier molecular flexibility index (Phi) is 10.1. The van der Waals surface area contributed by atoms with Gasteiger partial charge in [-0.25, -0.2) is 4.98 Å². The van der Waals surface area contributed by atoms with E-state index in [1.165, 1.54) is 11.0 Å². The zero-order valence-corrected chi connectivity index (χ0v) is 38.1. The molecule has 3 aromatic carbocycles. The van der Waals surface area contributed by atoms with E-state index in [-0.39, 0.29) is 35.2 Å². The SMILES string of the molecule is CCn1c2c(c3ccc(N4CC5(CCN(CC6CN(c7ccc(-c8ccc9c(c8)C(C)(C)C(=O)N9c8ccc(C#N)c(C(F)(F)F)c8)c(F)n7)C6)CC5)C4)cc31)C(=O)N(C1CCC(=O)NC1=O)C2=O. The lowest BCUT2D eigenvalue weighted by molar-refractivity contribution is -0.138. The molecule has 6 aliphatic rings. The van der Waals surface area contributed by atoms with Gasteiger partial charge in [-0.1, -0.05) is 6.07 Å². The van der Waals surface area contributed by atoms with E-state index in [4.69, 9.17) is 0 Å². The third-order valence-corrected chi connectivity index (χ3v) is 15.4. The molecule has 0 aliphatic carbocycles. The summed E-state index contributed by atoms with van der Waals surface area (Å²) >= 11 is 0. The molecule has 14 nitrogen and oxygen atoms in total. The summed E-state index contributed by atoms with van der Waals surface area (Å²) in [6.07, 6.45) is -2.49. The maximum atomic E-state index is 15.8. The number of hydrogen-bond acceptors (Lipinski definition) is 10. The Morgan fingerprint density at radius 3 is 2.30 bits per heavy atom. The van der Waals surface area contributed by atoms with Crippen molar-refractivity contribution in [3.63, 3.8) is 0 Å². The molecule has 1 atom stereocenters. The molecule has 1 unspecified atom stereocenters. The van der Waals surface area contributed by atoms with E-state index in [1.807, 2.05) is 23.6 Å². The van der Waals surface area contributed by atoms with Gasteiger partial charge in [-0.05, 0) is 125 Å². The van der Waals surface area contributed by atoms with Gasteiger partial charge < -0.3 is 19.3 Å². The minimum absolute atomic E-state index is 0.0179. The zero-order chi connectivity index (χ0) is 48.5. The van der Waals surface area contributed by atoms with E-state index in [0.717, 1.165) is 86.9 Å². The van der Waals surface area contributed by atoms with Crippen LogP contribution in [0.4, 0.5) is 40.4 Å². The number of aryl methyl sites for hydroxylation is 1. The molecule has 0 radical (unpaired) electrons. The van der Waals surface area contributed by atoms with Gasteiger partial charge >= 0.3 is 6.18 Å². The van der Waals surface area contributed by atoms with Crippen LogP contribution in [0.5, 0.6) is 0 Å². The molecule has 69 heavy (non-hydrogen) atoms. The lowest BCUT2D eigenvalue weighted by Crippen LogP contribution is -2.61. The Hall–Kier alpha value is -7.13. The van der Waals surface area contributed by atoms with Gasteiger partial charge in [0.25, 0.3) is 11.8 Å². The number of benzene rings is 3. The number of carbonyl (C=O) groups is 5. The number of nitriles is 1. The van der Waals surface area contributed by atoms with Crippen molar-refractivity contribution in [2.45, 2.75) is 70.6 Å². The molecule has 0 bridgehead atoms. The number of rotatable bonds is 8. The van der Waals surface area contributed by atoms with Crippen molar-refractivity contribution < 1.29 is 41.5 Å². The van der Waals surface area contributed by atoms with Crippen LogP contribution in [0.15, 0.2) is 66.7 Å². The average molecular weight is 942 g/mol. The van der Waals surface area contributed by atoms with Crippen LogP contribution < -0.4 is 20.0 Å². The number of pyridine rings is 1. The van der Waals surface area contributed by atoms with Gasteiger partial charge in [0.1, 0.15) is 17.6 Å². The number of nitrogens with zero attached hydrogens (tertiary/aromatic N) is 8. The number of alkyl halides is 3. The van der Waals surface area contributed by atoms with Crippen molar-refractivity contribution in [2.24, 2.45) is 11.3 Å². The summed E-state index contributed by atoms with van der Waals surface area (Å²) in [6.45, 7) is 11.9. The van der Waals surface area contributed by atoms with E-state index < -0.39 is 64.2 Å². The van der Waals surface area contributed by atoms with Crippen LogP contribution in [-0.4, -0.2) is 101 Å². The van der Waals surface area contributed by atoms with Crippen LogP contribution in [0, 0.1) is 28.6 Å². The normalized spacial score (nSPS) is 21.2. The predicted molar refractivity (Wildman–Crippen MR) is 246 cm³/mol. The van der Waals surface area contributed by atoms with Crippen LogP contribution in [0.3, 0.4) is 0 Å². The Bertz CT molecular complexity index is 3120. The number of likely N-dealkylation sites (tertiary alicyclic amines) is 1. The number of carbonyl (C=O) groups excluding carboxylic acids is 5. The van der Waals surface area contributed by atoms with E-state index >= 15 is 4.39 Å². The summed E-state index contributed by atoms with van der Waals surface area (Å²) in [6, 6.07) is 18.1. The van der Waals surface area contributed by atoms with Crippen LogP contribution in [0.1, 0.15) is 84.0 Å². The summed E-state index contributed by atoms with van der Waals surface area (Å²) in [7, 11) is 0. The first-order valence-electron chi connectivity index (χ1n) is 23.3. The van der Waals surface area contributed by atoms with Gasteiger partial charge in [-0.3, -0.25) is 39.1 Å². The molecular formula is C51H47F4N9O5. The Labute approximate surface area is 394 Å². The van der Waals surface area contributed by atoms with E-state index in [9.17, 15) is 42.4 Å². The maximum Gasteiger partial charge on any atom is 0.417 e. The third-order valence-electron chi connectivity index (χ3n) is 15.4. The highest BCUT2D eigenvalue weighted by molar-refractivity contribution is 6.28. The van der Waals surface area contributed by atoms with Gasteiger partial charge in [-0.2, -0.15) is 22.8 Å². The van der Waals surface area contributed by atoms with Crippen molar-refractivity contribution in [1.29, 1.82) is 5.26 Å². The first kappa shape index (κ1) is 44.4. The average Bonchev–Trinajstić information content (AvgIpc) is 3.83. The van der Waals surface area contributed by atoms with Crippen molar-refractivity contribution >= 4 is 63.3 Å². The monoisotopic (exact) mass is 941 g/mol. The summed E-state index contributed by atoms with van der Waals surface area (Å²) in [5.41, 5.74) is 1.44. The zero-order valence-electron chi connectivity index (χ0n) is 38.1. The first-order valence-corrected chi connectivity index (χ1v) is 23.3. The largest absolute Gasteiger partial charge is 0.417 e. The molecule has 5 aromatic rings. The number of nitrogens with one attached hydrogen (secondary N) is 1. The van der Waals surface area contributed by atoms with Gasteiger partial charge in [0.05, 0.1) is 39.4 Å². The van der Waals surface area contributed by atoms with Crippen LogP contribution in [-0.2, 0) is 32.5 Å². The number of aromatic nitrogens is 2. The smallest absolute Gasteiger partial charge is 0.370 e. The number of fused-ring (bicyclic) bond motifs is 4. The minimum atomic E-state index is -4.79. The molecule has 354 valence electrons. The molecule has 5 amide bonds. The second-order valence-electron chi connectivity index (χ2n) is 19.9. The highest BCUT2D eigenvalue weighted by Crippen LogP contribution is 2.49. The van der Waals surface area contributed by atoms with Crippen molar-refractivity contribution in [1.82, 2.24) is 24.7 Å². The third kappa shape index (κ3) is 6.98. The fraction of sp³-hybridized carbons (Fsp3) is 0.392. The lowest BCUT2D eigenvalue weighted by atomic mass is 9.71. The van der Waals surface area contributed by atoms with Gasteiger partial charge in [0, 0.05) is 79.3 Å². The summed E-state index contributed by atoms with van der Waals surface area (Å²) < 4.78 is 59.2. The molecule has 1 N–H and O–H groups in total. The second kappa shape index (κ2) is 15.7. The fourth-order valence-electron chi connectivity index (χ4n) is 11.5. The summed E-state index contributed by atoms with van der Waals surface area (Å²) in [4.78, 5) is 79.0. The molecule has 2 aromatic heterocycles. The quantitative estimate of drug-likeness (QED) is 0.0964. The van der Waals surface area contributed by atoms with E-state index in [2.05, 4.69) is 31.1 Å². The molecule has 4 saturated heterocycles. The van der Waals surface area contributed by atoms with Gasteiger partial charge in [-0.15, -0.1) is 0 Å². The summed E-state index contributed by atoms with van der Waals surface area (Å²) in [5, 5.41) is 12.2. The Balaban J connectivity index is 0.694. The number of anilines is 4. The molecule has 8 heterocycles. The standard InChI is InChI=1S/C51H47F4N9O5/c1-4-62-39-21-31(8-9-34(39)42-43(62)47(68)64(46(42)67)38-12-14-41(65)58-45(38)66)61-26-50(27-61)15-17-59(18-16-50)23-28-24-60(25-28)40-13-10-33(44(52)57-40)29-6-11-37-36(19-29)49(2,3)48(69)63(37)32-7-5-30(22-56)35(20-32)51(53,54)55/h5-11,13,19-21,28,38H,4,12,14-18,23-27H2,1-3H3,(H,58,65,66). The number of imide groups is 2. The number of halogens is 4. The molecule has 6 aliphatic heterocycles. The van der Waals surface area contributed by atoms with Crippen molar-refractivity contribution in [3.05, 3.63) is 101 Å². The molecular weight excluding hydrogens is 895 g/mol. The summed E-state index contributed by atoms with van der Waals surface area (Å²) in [5.74, 6) is -2.24. The topological polar surface area (TPSA) is 155 Å². The van der Waals surface area contributed by atoms with Crippen LogP contribution in [0.2, 0.25) is 0 Å². The van der Waals surface area contributed by atoms with E-state index in [1.54, 1.807) is 50.2 Å². The van der Waals surface area contributed by atoms with Crippen molar-refractivity contribution in [2.75, 3.05) is 60.5 Å². The molecule has 0 saturated carbocycles. The second-order valence-corrected chi connectivity index (χ2v) is 19.9. The molecule has 18 heteroatoms. The van der Waals surface area contributed by atoms with Gasteiger partial charge in [0.15, 0.2) is 0 Å². The predicted octanol–water partition coefficient (Wildman–Crippen LogP) is 7.15. The lowest BCUT2D eigenvalue weighted by Gasteiger charge is -2.55. The van der Waals surface area contributed by atoms with Crippen LogP contribution in [0.25, 0.3) is 22.0 Å². The van der Waals surface area contributed by atoms with Crippen LogP contribution >= 0.6 is 0 Å². The Morgan fingerprint density at radius 2 is 1.62 bits per heavy atom. The molecule has 11 rings (SSSR count). The maximum absolute atomic E-state index is 15.8. The minimum Gasteiger partial charge on any atom is -0.370 e. The first-order chi connectivity index (χ1) is 32.9.